The van der Waals surface area contributed by atoms with Crippen LogP contribution in [0.2, 0.25) is 0 Å². The third kappa shape index (κ3) is 4.64. The molecule has 2 heterocycles. The fraction of sp³-hybridized carbons (Fsp3) is 0.391. The molecule has 1 aromatic heterocycles. The van der Waals surface area contributed by atoms with Crippen LogP contribution in [0.3, 0.4) is 0 Å². The molecule has 1 aliphatic heterocycles. The number of ether oxygens (including phenoxy) is 2. The van der Waals surface area contributed by atoms with Crippen LogP contribution in [0.15, 0.2) is 35.5 Å². The summed E-state index contributed by atoms with van der Waals surface area (Å²) in [7, 11) is -2.75. The molecule has 11 heteroatoms. The highest BCUT2D eigenvalue weighted by Gasteiger charge is 2.59. The molecule has 34 heavy (non-hydrogen) atoms. The van der Waals surface area contributed by atoms with Gasteiger partial charge < -0.3 is 15.2 Å². The van der Waals surface area contributed by atoms with Crippen molar-refractivity contribution in [1.82, 2.24) is 4.98 Å². The van der Waals surface area contributed by atoms with E-state index in [2.05, 4.69) is 9.98 Å². The van der Waals surface area contributed by atoms with Gasteiger partial charge in [-0.25, -0.2) is 4.39 Å². The summed E-state index contributed by atoms with van der Waals surface area (Å²) in [4.78, 5) is 20.9. The minimum absolute atomic E-state index is 0.0685. The van der Waals surface area contributed by atoms with Crippen LogP contribution < -0.4 is 5.73 Å². The molecule has 1 aromatic carbocycles. The zero-order valence-corrected chi connectivity index (χ0v) is 18.2. The maximum Gasteiger partial charge on any atom is 0.424 e. The number of carbonyl (C=O) groups is 1. The Kier molecular flexibility index (Phi) is 5.68. The maximum atomic E-state index is 14.8. The number of ketones is 1. The normalized spacial score (nSPS) is 24.4. The fourth-order valence-corrected chi connectivity index (χ4v) is 3.50. The van der Waals surface area contributed by atoms with Crippen LogP contribution in [0.4, 0.5) is 17.6 Å². The molecular weight excluding hydrogens is 456 g/mol. The summed E-state index contributed by atoms with van der Waals surface area (Å²) >= 11 is 0. The summed E-state index contributed by atoms with van der Waals surface area (Å²) in [6.07, 6.45) is -4.04. The number of pyridine rings is 1. The molecule has 0 amide bonds. The summed E-state index contributed by atoms with van der Waals surface area (Å²) in [6, 6.07) is 6.73. The number of carbonyl (C=O) groups excluding carboxylic acids is 1. The number of nitrogens with two attached hydrogens (primary N) is 1. The van der Waals surface area contributed by atoms with Gasteiger partial charge in [0.15, 0.2) is 5.78 Å². The molecule has 0 bridgehead atoms. The van der Waals surface area contributed by atoms with E-state index in [9.17, 15) is 22.4 Å². The first-order valence-electron chi connectivity index (χ1n) is 11.4. The molecule has 0 saturated heterocycles. The first-order valence-corrected chi connectivity index (χ1v) is 9.91. The van der Waals surface area contributed by atoms with Crippen LogP contribution in [0, 0.1) is 17.1 Å². The second-order valence-electron chi connectivity index (χ2n) is 8.14. The number of hydrogen-bond donors (Lipinski definition) is 1. The number of Topliss-reactive ketones (excluding diaryl/α,β-unsaturated/α-hetero) is 1. The highest BCUT2D eigenvalue weighted by Crippen LogP contribution is 2.41. The van der Waals surface area contributed by atoms with E-state index in [-0.39, 0.29) is 34.4 Å². The van der Waals surface area contributed by atoms with Crippen molar-refractivity contribution < 1.29 is 35.9 Å². The zero-order chi connectivity index (χ0) is 27.8. The number of halogens is 4. The van der Waals surface area contributed by atoms with E-state index in [1.807, 2.05) is 6.07 Å². The van der Waals surface area contributed by atoms with Gasteiger partial charge in [0.25, 0.3) is 0 Å². The van der Waals surface area contributed by atoms with E-state index < -0.39 is 55.0 Å². The van der Waals surface area contributed by atoms with E-state index in [4.69, 9.17) is 24.6 Å². The number of hydrogen-bond acceptors (Lipinski definition) is 7. The number of nitrogens with zero attached hydrogens (tertiary/aromatic N) is 3. The lowest BCUT2D eigenvalue weighted by Crippen LogP contribution is -2.60. The van der Waals surface area contributed by atoms with Gasteiger partial charge in [-0.3, -0.25) is 14.8 Å². The zero-order valence-electron chi connectivity index (χ0n) is 21.2. The van der Waals surface area contributed by atoms with E-state index in [1.54, 1.807) is 0 Å². The minimum atomic E-state index is -4.84. The smallest absolute Gasteiger partial charge is 0.385 e. The Labute approximate surface area is 197 Å². The Bertz CT molecular complexity index is 1290. The lowest BCUT2D eigenvalue weighted by atomic mass is 9.88. The van der Waals surface area contributed by atoms with Crippen molar-refractivity contribution in [2.45, 2.75) is 44.2 Å². The summed E-state index contributed by atoms with van der Waals surface area (Å²) in [5.41, 5.74) is 1.30. The van der Waals surface area contributed by atoms with E-state index in [1.165, 1.54) is 25.1 Å². The third-order valence-corrected chi connectivity index (χ3v) is 5.60. The number of nitriles is 1. The molecule has 2 N–H and O–H groups in total. The molecule has 2 atom stereocenters. The largest absolute Gasteiger partial charge is 0.424 e. The number of aromatic nitrogens is 1. The van der Waals surface area contributed by atoms with Gasteiger partial charge in [0, 0.05) is 30.8 Å². The first-order chi connectivity index (χ1) is 17.0. The van der Waals surface area contributed by atoms with Crippen molar-refractivity contribution in [3.63, 3.8) is 0 Å². The van der Waals surface area contributed by atoms with Crippen LogP contribution in [0.25, 0.3) is 0 Å². The Balaban J connectivity index is 1.93. The van der Waals surface area contributed by atoms with Crippen LogP contribution >= 0.6 is 0 Å². The summed E-state index contributed by atoms with van der Waals surface area (Å²) < 4.78 is 86.4. The molecule has 7 nitrogen and oxygen atoms in total. The molecule has 2 aromatic rings. The van der Waals surface area contributed by atoms with E-state index >= 15 is 0 Å². The predicted molar refractivity (Wildman–Crippen MR) is 113 cm³/mol. The lowest BCUT2D eigenvalue weighted by molar-refractivity contribution is -0.249. The Morgan fingerprint density at radius 1 is 1.38 bits per heavy atom. The van der Waals surface area contributed by atoms with Crippen molar-refractivity contribution >= 4 is 11.6 Å². The van der Waals surface area contributed by atoms with Gasteiger partial charge in [0.05, 0.1) is 22.9 Å². The van der Waals surface area contributed by atoms with Crippen LogP contribution in [-0.4, -0.2) is 42.0 Å². The monoisotopic (exact) mass is 481 g/mol. The number of methoxy groups -OCH3 is 1. The van der Waals surface area contributed by atoms with Crippen molar-refractivity contribution in [1.29, 1.82) is 5.26 Å². The van der Waals surface area contributed by atoms with Crippen molar-refractivity contribution in [3.8, 4) is 6.07 Å². The topological polar surface area (TPSA) is 111 Å². The second kappa shape index (κ2) is 9.12. The molecule has 1 aliphatic rings. The molecule has 0 saturated carbocycles. The Hall–Kier alpha value is -3.36. The van der Waals surface area contributed by atoms with Crippen LogP contribution in [0.1, 0.15) is 50.7 Å². The van der Waals surface area contributed by atoms with Crippen LogP contribution in [0.5, 0.6) is 0 Å². The van der Waals surface area contributed by atoms with Crippen molar-refractivity contribution in [3.05, 3.63) is 64.2 Å². The molecule has 180 valence electrons. The van der Waals surface area contributed by atoms with E-state index in [0.717, 1.165) is 19.2 Å². The van der Waals surface area contributed by atoms with Gasteiger partial charge in [-0.05, 0) is 37.6 Å². The second-order valence-corrected chi connectivity index (χ2v) is 8.14. The van der Waals surface area contributed by atoms with Gasteiger partial charge in [-0.2, -0.15) is 18.4 Å². The number of alkyl halides is 3. The van der Waals surface area contributed by atoms with Crippen LogP contribution in [-0.2, 0) is 28.0 Å². The fourth-order valence-electron chi connectivity index (χ4n) is 3.50. The molecule has 0 spiro atoms. The minimum Gasteiger partial charge on any atom is -0.385 e. The molecule has 0 unspecified atom stereocenters. The van der Waals surface area contributed by atoms with Gasteiger partial charge in [-0.15, -0.1) is 0 Å². The standard InChI is InChI=1S/C23H22F4N4O3/c1-21(12-34-22(2,20(29)31-21)23(25,26)27)16-7-13(4-5-17(16)24)8-18(32)19-15(11-33-3)6-14(9-28)10-30-19/h4-7,10H,8,11-12H2,1-3H3,(H2,29,31)/t21-,22+/m0/s1/i3D3. The maximum absolute atomic E-state index is 14.8. The van der Waals surface area contributed by atoms with E-state index in [0.29, 0.717) is 0 Å². The van der Waals surface area contributed by atoms with Gasteiger partial charge in [-0.1, -0.05) is 6.07 Å². The van der Waals surface area contributed by atoms with Crippen molar-refractivity contribution in [2.75, 3.05) is 13.6 Å². The highest BCUT2D eigenvalue weighted by molar-refractivity contribution is 5.97. The molecule has 0 aliphatic carbocycles. The average Bonchev–Trinajstić information content (AvgIpc) is 2.80. The lowest BCUT2D eigenvalue weighted by Gasteiger charge is -2.41. The van der Waals surface area contributed by atoms with Crippen molar-refractivity contribution in [2.24, 2.45) is 10.7 Å². The third-order valence-electron chi connectivity index (χ3n) is 5.60. The predicted octanol–water partition coefficient (Wildman–Crippen LogP) is 3.59. The summed E-state index contributed by atoms with van der Waals surface area (Å²) in [5, 5.41) is 9.10. The molecular formula is C23H22F4N4O3. The molecule has 0 fully saturated rings. The quantitative estimate of drug-likeness (QED) is 0.499. The summed E-state index contributed by atoms with van der Waals surface area (Å²) in [5.74, 6) is -2.25. The number of aliphatic imine (C=N–C) groups is 1. The average molecular weight is 481 g/mol. The Morgan fingerprint density at radius 3 is 2.74 bits per heavy atom. The van der Waals surface area contributed by atoms with Gasteiger partial charge >= 0.3 is 6.18 Å². The highest BCUT2D eigenvalue weighted by atomic mass is 19.4. The number of benzene rings is 1. The number of rotatable bonds is 6. The molecule has 0 radical (unpaired) electrons. The summed E-state index contributed by atoms with van der Waals surface area (Å²) in [6.45, 7) is 0.934. The Morgan fingerprint density at radius 2 is 2.12 bits per heavy atom. The number of amidine groups is 1. The van der Waals surface area contributed by atoms with Gasteiger partial charge in [0.2, 0.25) is 5.60 Å². The molecule has 3 rings (SSSR count). The van der Waals surface area contributed by atoms with Gasteiger partial charge in [0.1, 0.15) is 29.0 Å². The SMILES string of the molecule is [2H]C([2H])([2H])OCc1cc(C#N)cnc1C(=O)Cc1ccc(F)c([C@]2(C)CO[C@@](C)(C(F)(F)F)C(N)=N2)c1. The first kappa shape index (κ1) is 21.2.